The van der Waals surface area contributed by atoms with Crippen LogP contribution in [0.3, 0.4) is 0 Å². The summed E-state index contributed by atoms with van der Waals surface area (Å²) in [5.41, 5.74) is 7.12. The van der Waals surface area contributed by atoms with Gasteiger partial charge in [0.2, 0.25) is 0 Å². The minimum Gasteiger partial charge on any atom is -0.388 e. The Kier molecular flexibility index (Phi) is 3.77. The van der Waals surface area contributed by atoms with E-state index in [0.29, 0.717) is 11.6 Å². The third-order valence-electron chi connectivity index (χ3n) is 2.78. The Balaban J connectivity index is 3.02. The van der Waals surface area contributed by atoms with E-state index in [4.69, 9.17) is 17.3 Å². The Morgan fingerprint density at radius 1 is 1.47 bits per heavy atom. The molecular weight excluding hydrogens is 210 g/mol. The van der Waals surface area contributed by atoms with Crippen LogP contribution in [0.1, 0.15) is 31.1 Å². The summed E-state index contributed by atoms with van der Waals surface area (Å²) in [4.78, 5) is 0. The van der Waals surface area contributed by atoms with Crippen LogP contribution in [-0.2, 0) is 0 Å². The van der Waals surface area contributed by atoms with E-state index in [2.05, 4.69) is 0 Å². The molecule has 0 aliphatic rings. The van der Waals surface area contributed by atoms with Gasteiger partial charge in [0.25, 0.3) is 0 Å². The second kappa shape index (κ2) is 4.52. The maximum Gasteiger partial charge on any atom is 0.0853 e. The van der Waals surface area contributed by atoms with Gasteiger partial charge in [-0.15, -0.1) is 0 Å². The molecule has 15 heavy (non-hydrogen) atoms. The molecule has 3 N–H and O–H groups in total. The largest absolute Gasteiger partial charge is 0.388 e. The summed E-state index contributed by atoms with van der Waals surface area (Å²) in [5, 5.41) is 10.8. The molecule has 0 saturated carbocycles. The average molecular weight is 228 g/mol. The van der Waals surface area contributed by atoms with Gasteiger partial charge in [0.15, 0.2) is 0 Å². The molecule has 0 spiro atoms. The molecule has 3 heteroatoms. The number of benzene rings is 1. The number of aliphatic hydroxyl groups is 1. The fraction of sp³-hybridized carbons (Fsp3) is 0.500. The normalized spacial score (nSPS) is 14.0. The van der Waals surface area contributed by atoms with Crippen molar-refractivity contribution in [3.8, 4) is 0 Å². The van der Waals surface area contributed by atoms with Crippen LogP contribution >= 0.6 is 11.6 Å². The highest BCUT2D eigenvalue weighted by atomic mass is 35.5. The van der Waals surface area contributed by atoms with E-state index in [-0.39, 0.29) is 5.41 Å². The zero-order valence-corrected chi connectivity index (χ0v) is 10.2. The van der Waals surface area contributed by atoms with E-state index in [1.165, 1.54) is 0 Å². The van der Waals surface area contributed by atoms with Crippen LogP contribution in [0, 0.1) is 12.3 Å². The predicted octanol–water partition coefficient (Wildman–Crippen LogP) is 2.67. The molecule has 0 bridgehead atoms. The molecule has 0 heterocycles. The zero-order valence-electron chi connectivity index (χ0n) is 9.42. The lowest BCUT2D eigenvalue weighted by Crippen LogP contribution is -2.30. The molecule has 1 atom stereocenters. The van der Waals surface area contributed by atoms with Crippen LogP contribution in [0.25, 0.3) is 0 Å². The van der Waals surface area contributed by atoms with Gasteiger partial charge in [-0.1, -0.05) is 37.6 Å². The van der Waals surface area contributed by atoms with E-state index in [9.17, 15) is 5.11 Å². The minimum absolute atomic E-state index is 0.335. The van der Waals surface area contributed by atoms with E-state index >= 15 is 0 Å². The number of hydrogen-bond donors (Lipinski definition) is 2. The van der Waals surface area contributed by atoms with Crippen molar-refractivity contribution in [2.24, 2.45) is 11.1 Å². The number of hydrogen-bond acceptors (Lipinski definition) is 2. The zero-order chi connectivity index (χ0) is 11.6. The molecule has 1 aromatic carbocycles. The molecule has 1 unspecified atom stereocenters. The highest BCUT2D eigenvalue weighted by molar-refractivity contribution is 6.31. The lowest BCUT2D eigenvalue weighted by atomic mass is 9.82. The van der Waals surface area contributed by atoms with Gasteiger partial charge in [0.1, 0.15) is 0 Å². The number of rotatable bonds is 3. The average Bonchev–Trinajstić information content (AvgIpc) is 2.21. The molecule has 0 aromatic heterocycles. The Hall–Kier alpha value is -0.570. The number of nitrogens with two attached hydrogens (primary N) is 1. The minimum atomic E-state index is -0.583. The smallest absolute Gasteiger partial charge is 0.0853 e. The highest BCUT2D eigenvalue weighted by Crippen LogP contribution is 2.33. The predicted molar refractivity (Wildman–Crippen MR) is 64.0 cm³/mol. The standard InChI is InChI=1S/C12H18ClNO/c1-8-4-5-9(6-10(8)13)11(15)12(2,3)7-14/h4-6,11,15H,7,14H2,1-3H3. The van der Waals surface area contributed by atoms with Crippen molar-refractivity contribution in [3.05, 3.63) is 34.3 Å². The van der Waals surface area contributed by atoms with Crippen molar-refractivity contribution in [1.82, 2.24) is 0 Å². The summed E-state index contributed by atoms with van der Waals surface area (Å²) in [6.45, 7) is 6.24. The lowest BCUT2D eigenvalue weighted by Gasteiger charge is -2.29. The van der Waals surface area contributed by atoms with Gasteiger partial charge in [-0.05, 0) is 24.1 Å². The summed E-state index contributed by atoms with van der Waals surface area (Å²) in [7, 11) is 0. The van der Waals surface area contributed by atoms with Crippen LogP contribution in [-0.4, -0.2) is 11.7 Å². The van der Waals surface area contributed by atoms with Crippen molar-refractivity contribution in [2.75, 3.05) is 6.54 Å². The van der Waals surface area contributed by atoms with Crippen LogP contribution in [0.4, 0.5) is 0 Å². The Morgan fingerprint density at radius 3 is 2.53 bits per heavy atom. The van der Waals surface area contributed by atoms with Gasteiger partial charge in [-0.3, -0.25) is 0 Å². The van der Waals surface area contributed by atoms with E-state index in [1.54, 1.807) is 6.07 Å². The van der Waals surface area contributed by atoms with Crippen LogP contribution in [0.2, 0.25) is 5.02 Å². The monoisotopic (exact) mass is 227 g/mol. The maximum atomic E-state index is 10.1. The van der Waals surface area contributed by atoms with Crippen molar-refractivity contribution in [3.63, 3.8) is 0 Å². The molecule has 1 aromatic rings. The molecule has 2 nitrogen and oxygen atoms in total. The van der Waals surface area contributed by atoms with Gasteiger partial charge in [-0.25, -0.2) is 0 Å². The fourth-order valence-corrected chi connectivity index (χ4v) is 1.53. The van der Waals surface area contributed by atoms with Crippen LogP contribution < -0.4 is 5.73 Å². The summed E-state index contributed by atoms with van der Waals surface area (Å²) in [6.07, 6.45) is -0.583. The van der Waals surface area contributed by atoms with Crippen LogP contribution in [0.15, 0.2) is 18.2 Å². The molecule has 0 fully saturated rings. The first-order valence-electron chi connectivity index (χ1n) is 5.02. The third kappa shape index (κ3) is 2.71. The van der Waals surface area contributed by atoms with Crippen molar-refractivity contribution in [2.45, 2.75) is 26.9 Å². The topological polar surface area (TPSA) is 46.2 Å². The van der Waals surface area contributed by atoms with Crippen molar-refractivity contribution in [1.29, 1.82) is 0 Å². The lowest BCUT2D eigenvalue weighted by molar-refractivity contribution is 0.0555. The molecule has 0 amide bonds. The Bertz CT molecular complexity index is 349. The Morgan fingerprint density at radius 2 is 2.07 bits per heavy atom. The van der Waals surface area contributed by atoms with E-state index in [1.807, 2.05) is 32.9 Å². The molecular formula is C12H18ClNO. The summed E-state index contributed by atoms with van der Waals surface area (Å²) in [5.74, 6) is 0. The second-order valence-corrected chi connectivity index (χ2v) is 5.01. The van der Waals surface area contributed by atoms with Gasteiger partial charge in [0, 0.05) is 17.0 Å². The number of aryl methyl sites for hydroxylation is 1. The maximum absolute atomic E-state index is 10.1. The SMILES string of the molecule is Cc1ccc(C(O)C(C)(C)CN)cc1Cl. The summed E-state index contributed by atoms with van der Waals surface area (Å²) in [6, 6.07) is 5.61. The molecule has 0 radical (unpaired) electrons. The first-order chi connectivity index (χ1) is 6.88. The van der Waals surface area contributed by atoms with Gasteiger partial charge in [-0.2, -0.15) is 0 Å². The van der Waals surface area contributed by atoms with Gasteiger partial charge in [0.05, 0.1) is 6.10 Å². The molecule has 0 aliphatic heterocycles. The van der Waals surface area contributed by atoms with Crippen molar-refractivity contribution >= 4 is 11.6 Å². The molecule has 0 saturated heterocycles. The quantitative estimate of drug-likeness (QED) is 0.834. The highest BCUT2D eigenvalue weighted by Gasteiger charge is 2.27. The van der Waals surface area contributed by atoms with E-state index in [0.717, 1.165) is 11.1 Å². The molecule has 1 rings (SSSR count). The molecule has 0 aliphatic carbocycles. The fourth-order valence-electron chi connectivity index (χ4n) is 1.34. The van der Waals surface area contributed by atoms with Crippen LogP contribution in [0.5, 0.6) is 0 Å². The summed E-state index contributed by atoms with van der Waals surface area (Å²) >= 11 is 6.01. The first-order valence-corrected chi connectivity index (χ1v) is 5.40. The molecule has 84 valence electrons. The number of halogens is 1. The van der Waals surface area contributed by atoms with Gasteiger partial charge < -0.3 is 10.8 Å². The Labute approximate surface area is 96.1 Å². The van der Waals surface area contributed by atoms with E-state index < -0.39 is 6.10 Å². The van der Waals surface area contributed by atoms with Gasteiger partial charge >= 0.3 is 0 Å². The first kappa shape index (κ1) is 12.5. The number of aliphatic hydroxyl groups excluding tert-OH is 1. The summed E-state index contributed by atoms with van der Waals surface area (Å²) < 4.78 is 0. The van der Waals surface area contributed by atoms with Crippen molar-refractivity contribution < 1.29 is 5.11 Å². The second-order valence-electron chi connectivity index (χ2n) is 4.60. The third-order valence-corrected chi connectivity index (χ3v) is 3.19.